The average Bonchev–Trinajstić information content (AvgIpc) is 2.81. The molecule has 0 amide bonds. The van der Waals surface area contributed by atoms with Gasteiger partial charge in [0.15, 0.2) is 0 Å². The molecule has 2 aliphatic rings. The Kier molecular flexibility index (Phi) is 2.56. The van der Waals surface area contributed by atoms with Gasteiger partial charge in [-0.1, -0.05) is 12.5 Å². The van der Waals surface area contributed by atoms with Crippen molar-refractivity contribution in [3.8, 4) is 0 Å². The van der Waals surface area contributed by atoms with Crippen molar-refractivity contribution in [1.82, 2.24) is 9.88 Å². The van der Waals surface area contributed by atoms with E-state index in [4.69, 9.17) is 5.73 Å². The van der Waals surface area contributed by atoms with E-state index in [0.717, 1.165) is 18.4 Å². The molecule has 1 saturated carbocycles. The van der Waals surface area contributed by atoms with Crippen LogP contribution in [0.3, 0.4) is 0 Å². The summed E-state index contributed by atoms with van der Waals surface area (Å²) in [6.45, 7) is 3.62. The lowest BCUT2D eigenvalue weighted by Crippen LogP contribution is -2.21. The molecule has 16 heavy (non-hydrogen) atoms. The van der Waals surface area contributed by atoms with Gasteiger partial charge in [0.2, 0.25) is 0 Å². The van der Waals surface area contributed by atoms with E-state index in [1.807, 2.05) is 12.3 Å². The number of pyridine rings is 1. The van der Waals surface area contributed by atoms with Crippen molar-refractivity contribution < 1.29 is 0 Å². The molecule has 3 rings (SSSR count). The second kappa shape index (κ2) is 4.06. The maximum atomic E-state index is 5.58. The SMILES string of the molecule is Nc1ccc(CN2CC3CCCC3C2)cn1. The Morgan fingerprint density at radius 2 is 2.00 bits per heavy atom. The Labute approximate surface area is 96.7 Å². The molecule has 1 saturated heterocycles. The molecule has 2 fully saturated rings. The molecule has 3 nitrogen and oxygen atoms in total. The van der Waals surface area contributed by atoms with Crippen LogP contribution in [0.25, 0.3) is 0 Å². The maximum absolute atomic E-state index is 5.58. The topological polar surface area (TPSA) is 42.1 Å². The molecule has 1 aliphatic heterocycles. The summed E-state index contributed by atoms with van der Waals surface area (Å²) in [5, 5.41) is 0. The molecular weight excluding hydrogens is 198 g/mol. The molecule has 0 radical (unpaired) electrons. The van der Waals surface area contributed by atoms with Gasteiger partial charge in [-0.3, -0.25) is 4.90 Å². The largest absolute Gasteiger partial charge is 0.384 e. The molecule has 1 aliphatic carbocycles. The van der Waals surface area contributed by atoms with Crippen LogP contribution in [0.1, 0.15) is 24.8 Å². The zero-order chi connectivity index (χ0) is 11.0. The molecule has 2 unspecified atom stereocenters. The third-order valence-electron chi connectivity index (χ3n) is 4.06. The molecule has 2 atom stereocenters. The lowest BCUT2D eigenvalue weighted by atomic mass is 10.0. The van der Waals surface area contributed by atoms with Crippen molar-refractivity contribution in [2.45, 2.75) is 25.8 Å². The van der Waals surface area contributed by atoms with Crippen molar-refractivity contribution in [2.75, 3.05) is 18.8 Å². The van der Waals surface area contributed by atoms with Crippen molar-refractivity contribution in [3.05, 3.63) is 23.9 Å². The van der Waals surface area contributed by atoms with E-state index in [1.165, 1.54) is 37.9 Å². The fourth-order valence-corrected chi connectivity index (χ4v) is 3.25. The zero-order valence-electron chi connectivity index (χ0n) is 9.60. The lowest BCUT2D eigenvalue weighted by Gasteiger charge is -2.16. The lowest BCUT2D eigenvalue weighted by molar-refractivity contribution is 0.303. The molecule has 0 aromatic carbocycles. The highest BCUT2D eigenvalue weighted by Crippen LogP contribution is 2.38. The van der Waals surface area contributed by atoms with Crippen LogP contribution in [0.2, 0.25) is 0 Å². The van der Waals surface area contributed by atoms with Crippen molar-refractivity contribution in [1.29, 1.82) is 0 Å². The molecule has 0 spiro atoms. The Morgan fingerprint density at radius 3 is 2.62 bits per heavy atom. The van der Waals surface area contributed by atoms with E-state index in [1.54, 1.807) is 0 Å². The predicted octanol–water partition coefficient (Wildman–Crippen LogP) is 1.90. The summed E-state index contributed by atoms with van der Waals surface area (Å²) in [6, 6.07) is 3.99. The first-order valence-corrected chi connectivity index (χ1v) is 6.24. The van der Waals surface area contributed by atoms with Gasteiger partial charge in [0.05, 0.1) is 0 Å². The van der Waals surface area contributed by atoms with Crippen LogP contribution in [-0.2, 0) is 6.54 Å². The van der Waals surface area contributed by atoms with Crippen LogP contribution < -0.4 is 5.73 Å². The summed E-state index contributed by atoms with van der Waals surface area (Å²) in [4.78, 5) is 6.72. The normalized spacial score (nSPS) is 29.5. The Bertz CT molecular complexity index is 348. The van der Waals surface area contributed by atoms with Crippen LogP contribution in [0.4, 0.5) is 5.82 Å². The van der Waals surface area contributed by atoms with Crippen LogP contribution in [-0.4, -0.2) is 23.0 Å². The number of nitrogen functional groups attached to an aromatic ring is 1. The maximum Gasteiger partial charge on any atom is 0.123 e. The molecule has 86 valence electrons. The van der Waals surface area contributed by atoms with E-state index in [9.17, 15) is 0 Å². The highest BCUT2D eigenvalue weighted by molar-refractivity contribution is 5.29. The number of rotatable bonds is 2. The number of nitrogens with zero attached hydrogens (tertiary/aromatic N) is 2. The van der Waals surface area contributed by atoms with E-state index in [-0.39, 0.29) is 0 Å². The number of likely N-dealkylation sites (tertiary alicyclic amines) is 1. The van der Waals surface area contributed by atoms with Gasteiger partial charge in [0.25, 0.3) is 0 Å². The summed E-state index contributed by atoms with van der Waals surface area (Å²) in [5.41, 5.74) is 6.87. The standard InChI is InChI=1S/C13H19N3/c14-13-5-4-10(6-15-13)7-16-8-11-2-1-3-12(11)9-16/h4-6,11-12H,1-3,7-9H2,(H2,14,15). The van der Waals surface area contributed by atoms with E-state index >= 15 is 0 Å². The summed E-state index contributed by atoms with van der Waals surface area (Å²) < 4.78 is 0. The van der Waals surface area contributed by atoms with E-state index < -0.39 is 0 Å². The number of fused-ring (bicyclic) bond motifs is 1. The Morgan fingerprint density at radius 1 is 1.25 bits per heavy atom. The first kappa shape index (κ1) is 10.1. The third kappa shape index (κ3) is 1.92. The first-order valence-electron chi connectivity index (χ1n) is 6.24. The average molecular weight is 217 g/mol. The quantitative estimate of drug-likeness (QED) is 0.822. The molecule has 2 heterocycles. The van der Waals surface area contributed by atoms with Crippen LogP contribution >= 0.6 is 0 Å². The number of nitrogens with two attached hydrogens (primary N) is 1. The van der Waals surface area contributed by atoms with Crippen molar-refractivity contribution >= 4 is 5.82 Å². The fraction of sp³-hybridized carbons (Fsp3) is 0.615. The number of aromatic nitrogens is 1. The van der Waals surface area contributed by atoms with Gasteiger partial charge in [-0.25, -0.2) is 4.98 Å². The first-order chi connectivity index (χ1) is 7.81. The number of hydrogen-bond acceptors (Lipinski definition) is 3. The second-order valence-electron chi connectivity index (χ2n) is 5.24. The van der Waals surface area contributed by atoms with Crippen molar-refractivity contribution in [2.24, 2.45) is 11.8 Å². The summed E-state index contributed by atoms with van der Waals surface area (Å²) in [7, 11) is 0. The minimum atomic E-state index is 0.613. The van der Waals surface area contributed by atoms with E-state index in [0.29, 0.717) is 5.82 Å². The summed E-state index contributed by atoms with van der Waals surface area (Å²) in [6.07, 6.45) is 6.25. The van der Waals surface area contributed by atoms with Gasteiger partial charge in [0.1, 0.15) is 5.82 Å². The highest BCUT2D eigenvalue weighted by atomic mass is 15.2. The molecule has 0 bridgehead atoms. The van der Waals surface area contributed by atoms with Gasteiger partial charge in [-0.2, -0.15) is 0 Å². The second-order valence-corrected chi connectivity index (χ2v) is 5.24. The van der Waals surface area contributed by atoms with Crippen molar-refractivity contribution in [3.63, 3.8) is 0 Å². The predicted molar refractivity (Wildman–Crippen MR) is 64.8 cm³/mol. The van der Waals surface area contributed by atoms with Gasteiger partial charge in [-0.05, 0) is 36.3 Å². The minimum Gasteiger partial charge on any atom is -0.384 e. The van der Waals surface area contributed by atoms with Gasteiger partial charge in [0, 0.05) is 25.8 Å². The van der Waals surface area contributed by atoms with Gasteiger partial charge >= 0.3 is 0 Å². The smallest absolute Gasteiger partial charge is 0.123 e. The number of hydrogen-bond donors (Lipinski definition) is 1. The van der Waals surface area contributed by atoms with Crippen LogP contribution in [0, 0.1) is 11.8 Å². The molecule has 2 N–H and O–H groups in total. The Hall–Kier alpha value is -1.09. The summed E-state index contributed by atoms with van der Waals surface area (Å²) in [5.74, 6) is 2.56. The van der Waals surface area contributed by atoms with Crippen LogP contribution in [0.15, 0.2) is 18.3 Å². The minimum absolute atomic E-state index is 0.613. The number of anilines is 1. The molecular formula is C13H19N3. The van der Waals surface area contributed by atoms with Crippen LogP contribution in [0.5, 0.6) is 0 Å². The Balaban J connectivity index is 1.62. The van der Waals surface area contributed by atoms with E-state index in [2.05, 4.69) is 16.0 Å². The molecule has 3 heteroatoms. The van der Waals surface area contributed by atoms with Gasteiger partial charge < -0.3 is 5.73 Å². The monoisotopic (exact) mass is 217 g/mol. The summed E-state index contributed by atoms with van der Waals surface area (Å²) >= 11 is 0. The fourth-order valence-electron chi connectivity index (χ4n) is 3.25. The highest BCUT2D eigenvalue weighted by Gasteiger charge is 2.35. The van der Waals surface area contributed by atoms with Gasteiger partial charge in [-0.15, -0.1) is 0 Å². The molecule has 1 aromatic heterocycles. The zero-order valence-corrected chi connectivity index (χ0v) is 9.60. The third-order valence-corrected chi connectivity index (χ3v) is 4.06. The molecule has 1 aromatic rings.